The summed E-state index contributed by atoms with van der Waals surface area (Å²) in [4.78, 5) is 12.6. The van der Waals surface area contributed by atoms with Gasteiger partial charge >= 0.3 is 6.01 Å². The van der Waals surface area contributed by atoms with E-state index in [1.54, 1.807) is 17.9 Å². The zero-order valence-electron chi connectivity index (χ0n) is 11.6. The normalized spacial score (nSPS) is 10.4. The van der Waals surface area contributed by atoms with Gasteiger partial charge in [0.15, 0.2) is 5.82 Å². The first-order chi connectivity index (χ1) is 10.3. The van der Waals surface area contributed by atoms with Gasteiger partial charge in [-0.3, -0.25) is 0 Å². The average Bonchev–Trinajstić information content (AvgIpc) is 3.04. The van der Waals surface area contributed by atoms with Crippen molar-refractivity contribution in [2.75, 3.05) is 19.5 Å². The van der Waals surface area contributed by atoms with Gasteiger partial charge in [-0.05, 0) is 12.1 Å². The van der Waals surface area contributed by atoms with Crippen LogP contribution in [0.15, 0.2) is 36.5 Å². The van der Waals surface area contributed by atoms with Crippen LogP contribution < -0.4 is 10.1 Å². The average molecular weight is 283 g/mol. The summed E-state index contributed by atoms with van der Waals surface area (Å²) in [6.45, 7) is 0. The third kappa shape index (κ3) is 2.50. The second kappa shape index (κ2) is 5.53. The maximum absolute atomic E-state index is 5.09. The smallest absolute Gasteiger partial charge is 0.321 e. The summed E-state index contributed by atoms with van der Waals surface area (Å²) in [7, 11) is 3.23. The highest BCUT2D eigenvalue weighted by Crippen LogP contribution is 2.20. The van der Waals surface area contributed by atoms with Gasteiger partial charge in [0, 0.05) is 7.05 Å². The Labute approximate surface area is 120 Å². The lowest BCUT2D eigenvalue weighted by Gasteiger charge is -2.07. The van der Waals surface area contributed by atoms with Gasteiger partial charge < -0.3 is 10.1 Å². The summed E-state index contributed by atoms with van der Waals surface area (Å²) < 4.78 is 6.75. The molecule has 0 bridgehead atoms. The van der Waals surface area contributed by atoms with Crippen molar-refractivity contribution >= 4 is 5.95 Å². The molecule has 1 N–H and O–H groups in total. The lowest BCUT2D eigenvalue weighted by atomic mass is 10.3. The van der Waals surface area contributed by atoms with Gasteiger partial charge in [-0.25, -0.2) is 4.68 Å². The standard InChI is InChI=1S/C13H13N7O/c1-14-12-16-11(17-13(18-12)21-2)10-8-15-19-20(10)9-6-4-3-5-7-9/h3-8H,1-2H3,(H,14,16,17,18). The van der Waals surface area contributed by atoms with Crippen LogP contribution in [-0.2, 0) is 0 Å². The number of hydrogen-bond donors (Lipinski definition) is 1. The second-order valence-corrected chi connectivity index (χ2v) is 4.09. The molecule has 3 rings (SSSR count). The largest absolute Gasteiger partial charge is 0.467 e. The van der Waals surface area contributed by atoms with Crippen molar-refractivity contribution in [3.8, 4) is 23.2 Å². The van der Waals surface area contributed by atoms with Gasteiger partial charge in [0.25, 0.3) is 0 Å². The van der Waals surface area contributed by atoms with E-state index < -0.39 is 0 Å². The minimum absolute atomic E-state index is 0.227. The number of aromatic nitrogens is 6. The van der Waals surface area contributed by atoms with Crippen molar-refractivity contribution in [3.63, 3.8) is 0 Å². The van der Waals surface area contributed by atoms with E-state index in [1.165, 1.54) is 7.11 Å². The Morgan fingerprint density at radius 1 is 1.10 bits per heavy atom. The molecule has 0 unspecified atom stereocenters. The third-order valence-corrected chi connectivity index (χ3v) is 2.80. The van der Waals surface area contributed by atoms with Gasteiger partial charge in [-0.2, -0.15) is 15.0 Å². The Bertz CT molecular complexity index is 719. The number of para-hydroxylation sites is 1. The Kier molecular flexibility index (Phi) is 3.42. The molecule has 0 fully saturated rings. The molecule has 8 heteroatoms. The zero-order chi connectivity index (χ0) is 14.7. The van der Waals surface area contributed by atoms with Gasteiger partial charge in [-0.1, -0.05) is 23.4 Å². The number of anilines is 1. The first-order valence-corrected chi connectivity index (χ1v) is 6.26. The molecule has 0 aliphatic carbocycles. The maximum atomic E-state index is 5.09. The molecule has 106 valence electrons. The number of methoxy groups -OCH3 is 1. The molecule has 21 heavy (non-hydrogen) atoms. The van der Waals surface area contributed by atoms with E-state index in [2.05, 4.69) is 30.6 Å². The summed E-state index contributed by atoms with van der Waals surface area (Å²) >= 11 is 0. The van der Waals surface area contributed by atoms with Crippen LogP contribution in [0.5, 0.6) is 6.01 Å². The fourth-order valence-electron chi connectivity index (χ4n) is 1.82. The highest BCUT2D eigenvalue weighted by molar-refractivity contribution is 5.54. The quantitative estimate of drug-likeness (QED) is 0.768. The summed E-state index contributed by atoms with van der Waals surface area (Å²) in [5.41, 5.74) is 1.52. The van der Waals surface area contributed by atoms with Crippen LogP contribution in [0.4, 0.5) is 5.95 Å². The van der Waals surface area contributed by atoms with Crippen LogP contribution in [0.2, 0.25) is 0 Å². The molecule has 8 nitrogen and oxygen atoms in total. The molecule has 0 amide bonds. The summed E-state index contributed by atoms with van der Waals surface area (Å²) in [6, 6.07) is 9.86. The van der Waals surface area contributed by atoms with E-state index in [4.69, 9.17) is 4.74 Å². The van der Waals surface area contributed by atoms with E-state index in [9.17, 15) is 0 Å². The predicted molar refractivity (Wildman–Crippen MR) is 76.3 cm³/mol. The van der Waals surface area contributed by atoms with Gasteiger partial charge in [0.1, 0.15) is 5.69 Å². The Morgan fingerprint density at radius 3 is 2.62 bits per heavy atom. The minimum atomic E-state index is 0.227. The van der Waals surface area contributed by atoms with Crippen molar-refractivity contribution in [3.05, 3.63) is 36.5 Å². The van der Waals surface area contributed by atoms with E-state index in [0.29, 0.717) is 17.5 Å². The maximum Gasteiger partial charge on any atom is 0.321 e. The molecule has 3 aromatic rings. The zero-order valence-corrected chi connectivity index (χ0v) is 11.6. The van der Waals surface area contributed by atoms with Crippen molar-refractivity contribution in [2.45, 2.75) is 0 Å². The summed E-state index contributed by atoms with van der Waals surface area (Å²) in [5.74, 6) is 0.845. The fraction of sp³-hybridized carbons (Fsp3) is 0.154. The van der Waals surface area contributed by atoms with E-state index >= 15 is 0 Å². The van der Waals surface area contributed by atoms with Crippen LogP contribution in [0.25, 0.3) is 17.2 Å². The van der Waals surface area contributed by atoms with E-state index in [0.717, 1.165) is 5.69 Å². The number of hydrogen-bond acceptors (Lipinski definition) is 7. The number of nitrogens with zero attached hydrogens (tertiary/aromatic N) is 6. The highest BCUT2D eigenvalue weighted by Gasteiger charge is 2.14. The molecular weight excluding hydrogens is 270 g/mol. The first-order valence-electron chi connectivity index (χ1n) is 6.26. The second-order valence-electron chi connectivity index (χ2n) is 4.09. The molecule has 2 heterocycles. The number of nitrogens with one attached hydrogen (secondary N) is 1. The van der Waals surface area contributed by atoms with Crippen LogP contribution in [0, 0.1) is 0 Å². The Hall–Kier alpha value is -3.03. The molecule has 2 aromatic heterocycles. The van der Waals surface area contributed by atoms with Crippen LogP contribution in [-0.4, -0.2) is 44.1 Å². The Balaban J connectivity index is 2.12. The molecule has 0 radical (unpaired) electrons. The molecule has 0 atom stereocenters. The molecule has 0 saturated carbocycles. The predicted octanol–water partition coefficient (Wildman–Crippen LogP) is 1.17. The Morgan fingerprint density at radius 2 is 1.90 bits per heavy atom. The van der Waals surface area contributed by atoms with Crippen molar-refractivity contribution in [1.29, 1.82) is 0 Å². The summed E-state index contributed by atoms with van der Waals surface area (Å²) in [5, 5.41) is 10.9. The molecule has 0 spiro atoms. The molecule has 0 saturated heterocycles. The first kappa shape index (κ1) is 13.0. The number of ether oxygens (including phenoxy) is 1. The SMILES string of the molecule is CNc1nc(OC)nc(-c2cnnn2-c2ccccc2)n1. The van der Waals surface area contributed by atoms with Gasteiger partial charge in [0.2, 0.25) is 5.95 Å². The van der Waals surface area contributed by atoms with Crippen molar-refractivity contribution in [1.82, 2.24) is 29.9 Å². The summed E-state index contributed by atoms with van der Waals surface area (Å²) in [6.07, 6.45) is 1.60. The van der Waals surface area contributed by atoms with E-state index in [-0.39, 0.29) is 6.01 Å². The van der Waals surface area contributed by atoms with Crippen molar-refractivity contribution in [2.24, 2.45) is 0 Å². The highest BCUT2D eigenvalue weighted by atomic mass is 16.5. The van der Waals surface area contributed by atoms with Crippen molar-refractivity contribution < 1.29 is 4.74 Å². The monoisotopic (exact) mass is 283 g/mol. The minimum Gasteiger partial charge on any atom is -0.467 e. The van der Waals surface area contributed by atoms with Gasteiger partial charge in [-0.15, -0.1) is 5.10 Å². The lowest BCUT2D eigenvalue weighted by molar-refractivity contribution is 0.379. The molecule has 0 aliphatic rings. The van der Waals surface area contributed by atoms with E-state index in [1.807, 2.05) is 30.3 Å². The fourth-order valence-corrected chi connectivity index (χ4v) is 1.82. The van der Waals surface area contributed by atoms with Crippen LogP contribution >= 0.6 is 0 Å². The molecule has 1 aromatic carbocycles. The lowest BCUT2D eigenvalue weighted by Crippen LogP contribution is -2.06. The van der Waals surface area contributed by atoms with Gasteiger partial charge in [0.05, 0.1) is 19.0 Å². The van der Waals surface area contributed by atoms with Crippen LogP contribution in [0.1, 0.15) is 0 Å². The topological polar surface area (TPSA) is 90.6 Å². The number of benzene rings is 1. The molecule has 0 aliphatic heterocycles. The van der Waals surface area contributed by atoms with Crippen LogP contribution in [0.3, 0.4) is 0 Å². The third-order valence-electron chi connectivity index (χ3n) is 2.80. The number of rotatable bonds is 4. The molecular formula is C13H13N7O.